The molecule has 2 aromatic rings. The minimum absolute atomic E-state index is 0.150. The van der Waals surface area contributed by atoms with Crippen molar-refractivity contribution in [2.24, 2.45) is 0 Å². The van der Waals surface area contributed by atoms with E-state index in [9.17, 15) is 9.90 Å². The first-order chi connectivity index (χ1) is 9.86. The third-order valence-electron chi connectivity index (χ3n) is 3.33. The Labute approximate surface area is 128 Å². The lowest BCUT2D eigenvalue weighted by atomic mass is 10.1. The van der Waals surface area contributed by atoms with Gasteiger partial charge in [0.2, 0.25) is 0 Å². The summed E-state index contributed by atoms with van der Waals surface area (Å²) in [5.41, 5.74) is 7.85. The van der Waals surface area contributed by atoms with Gasteiger partial charge in [-0.15, -0.1) is 11.3 Å². The molecule has 1 heterocycles. The van der Waals surface area contributed by atoms with Gasteiger partial charge in [0.25, 0.3) is 0 Å². The second-order valence-corrected chi connectivity index (χ2v) is 6.69. The van der Waals surface area contributed by atoms with Crippen LogP contribution in [0.5, 0.6) is 0 Å². The highest BCUT2D eigenvalue weighted by Gasteiger charge is 2.13. The number of aryl methyl sites for hydroxylation is 2. The molecule has 2 rings (SSSR count). The van der Waals surface area contributed by atoms with E-state index in [4.69, 9.17) is 5.73 Å². The lowest BCUT2D eigenvalue weighted by Crippen LogP contribution is -2.18. The van der Waals surface area contributed by atoms with Crippen LogP contribution in [0.15, 0.2) is 24.3 Å². The first-order valence-corrected chi connectivity index (χ1v) is 7.63. The number of nitrogen functional groups attached to an aromatic ring is 1. The number of nitrogens with one attached hydrogen (secondary N) is 1. The lowest BCUT2D eigenvalue weighted by Gasteiger charge is -2.16. The third kappa shape index (κ3) is 3.76. The zero-order chi connectivity index (χ0) is 15.6. The van der Waals surface area contributed by atoms with Gasteiger partial charge in [-0.1, -0.05) is 0 Å². The summed E-state index contributed by atoms with van der Waals surface area (Å²) in [7, 11) is 0. The molecule has 112 valence electrons. The van der Waals surface area contributed by atoms with Crippen LogP contribution in [0, 0.1) is 13.8 Å². The van der Waals surface area contributed by atoms with Gasteiger partial charge in [-0.25, -0.2) is 4.79 Å². The minimum Gasteiger partial charge on any atom is -0.478 e. The number of carbonyl (C=O) groups is 1. The maximum Gasteiger partial charge on any atom is 0.337 e. The zero-order valence-corrected chi connectivity index (χ0v) is 13.3. The van der Waals surface area contributed by atoms with Crippen LogP contribution in [0.25, 0.3) is 0 Å². The molecule has 0 bridgehead atoms. The summed E-state index contributed by atoms with van der Waals surface area (Å²) in [4.78, 5) is 13.8. The number of hydrogen-bond donors (Lipinski definition) is 3. The van der Waals surface area contributed by atoms with E-state index in [2.05, 4.69) is 31.3 Å². The maximum atomic E-state index is 11.2. The molecule has 5 heteroatoms. The Hall–Kier alpha value is -2.01. The Balaban J connectivity index is 2.13. The summed E-state index contributed by atoms with van der Waals surface area (Å²) in [6.07, 6.45) is 0.907. The number of benzene rings is 1. The average molecular weight is 304 g/mol. The van der Waals surface area contributed by atoms with Gasteiger partial charge < -0.3 is 16.2 Å². The van der Waals surface area contributed by atoms with Crippen LogP contribution in [0.4, 0.5) is 11.4 Å². The second kappa shape index (κ2) is 6.18. The van der Waals surface area contributed by atoms with E-state index in [1.165, 1.54) is 9.75 Å². The Bertz CT molecular complexity index is 664. The fourth-order valence-corrected chi connectivity index (χ4v) is 3.31. The van der Waals surface area contributed by atoms with Crippen molar-refractivity contribution in [3.8, 4) is 0 Å². The van der Waals surface area contributed by atoms with Crippen LogP contribution in [0.1, 0.15) is 32.6 Å². The fraction of sp³-hybridized carbons (Fsp3) is 0.312. The monoisotopic (exact) mass is 304 g/mol. The maximum absolute atomic E-state index is 11.2. The van der Waals surface area contributed by atoms with Gasteiger partial charge in [0.05, 0.1) is 5.56 Å². The highest BCUT2D eigenvalue weighted by Crippen LogP contribution is 2.24. The number of hydrogen-bond acceptors (Lipinski definition) is 4. The number of carboxylic acids is 1. The van der Waals surface area contributed by atoms with Gasteiger partial charge in [-0.05, 0) is 50.6 Å². The highest BCUT2D eigenvalue weighted by atomic mass is 32.1. The molecule has 4 N–H and O–H groups in total. The molecule has 1 unspecified atom stereocenters. The van der Waals surface area contributed by atoms with E-state index in [-0.39, 0.29) is 11.6 Å². The largest absolute Gasteiger partial charge is 0.478 e. The van der Waals surface area contributed by atoms with Crippen molar-refractivity contribution in [1.82, 2.24) is 0 Å². The molecule has 0 aliphatic heterocycles. The summed E-state index contributed by atoms with van der Waals surface area (Å²) in [6.45, 7) is 6.00. The van der Waals surface area contributed by atoms with E-state index in [0.717, 1.165) is 17.7 Å². The summed E-state index contributed by atoms with van der Waals surface area (Å²) >= 11 is 1.79. The van der Waals surface area contributed by atoms with Crippen LogP contribution in [0.2, 0.25) is 0 Å². The standard InChI is InChI=1S/C16H20N2O2S/c1-9-6-12(8-14(15(9)17)16(19)20)18-10(2)7-13-5-4-11(3)21-13/h4-6,8,10,18H,7,17H2,1-3H3,(H,19,20). The molecule has 4 nitrogen and oxygen atoms in total. The molecule has 0 amide bonds. The van der Waals surface area contributed by atoms with E-state index in [1.807, 2.05) is 13.0 Å². The summed E-state index contributed by atoms with van der Waals surface area (Å²) in [5, 5.41) is 12.5. The normalized spacial score (nSPS) is 12.1. The average Bonchev–Trinajstić information content (AvgIpc) is 2.78. The Kier molecular flexibility index (Phi) is 4.53. The van der Waals surface area contributed by atoms with Gasteiger partial charge in [-0.2, -0.15) is 0 Å². The molecule has 21 heavy (non-hydrogen) atoms. The molecule has 1 aromatic heterocycles. The molecule has 0 aliphatic rings. The van der Waals surface area contributed by atoms with Gasteiger partial charge in [0.15, 0.2) is 0 Å². The van der Waals surface area contributed by atoms with Crippen molar-refractivity contribution in [2.75, 3.05) is 11.1 Å². The van der Waals surface area contributed by atoms with Crippen LogP contribution >= 0.6 is 11.3 Å². The van der Waals surface area contributed by atoms with Crippen LogP contribution in [-0.2, 0) is 6.42 Å². The predicted octanol–water partition coefficient (Wildman–Crippen LogP) is 3.69. The zero-order valence-electron chi connectivity index (χ0n) is 12.4. The van der Waals surface area contributed by atoms with Crippen molar-refractivity contribution in [2.45, 2.75) is 33.2 Å². The second-order valence-electron chi connectivity index (χ2n) is 5.32. The van der Waals surface area contributed by atoms with E-state index >= 15 is 0 Å². The molecule has 1 aromatic carbocycles. The Morgan fingerprint density at radius 3 is 2.67 bits per heavy atom. The van der Waals surface area contributed by atoms with Crippen molar-refractivity contribution in [3.05, 3.63) is 45.1 Å². The minimum atomic E-state index is -0.999. The first kappa shape index (κ1) is 15.4. The smallest absolute Gasteiger partial charge is 0.337 e. The van der Waals surface area contributed by atoms with E-state index < -0.39 is 5.97 Å². The molecule has 0 saturated carbocycles. The van der Waals surface area contributed by atoms with Crippen LogP contribution < -0.4 is 11.1 Å². The van der Waals surface area contributed by atoms with Crippen LogP contribution in [0.3, 0.4) is 0 Å². The number of nitrogens with two attached hydrogens (primary N) is 1. The molecular formula is C16H20N2O2S. The SMILES string of the molecule is Cc1ccc(CC(C)Nc2cc(C)c(N)c(C(=O)O)c2)s1. The number of rotatable bonds is 5. The van der Waals surface area contributed by atoms with Crippen molar-refractivity contribution < 1.29 is 9.90 Å². The number of anilines is 2. The van der Waals surface area contributed by atoms with Crippen LogP contribution in [-0.4, -0.2) is 17.1 Å². The van der Waals surface area contributed by atoms with Gasteiger partial charge >= 0.3 is 5.97 Å². The van der Waals surface area contributed by atoms with Crippen molar-refractivity contribution >= 4 is 28.7 Å². The molecule has 0 fully saturated rings. The Morgan fingerprint density at radius 1 is 1.38 bits per heavy atom. The molecule has 0 aliphatic carbocycles. The van der Waals surface area contributed by atoms with E-state index in [0.29, 0.717) is 5.69 Å². The number of thiophene rings is 1. The highest BCUT2D eigenvalue weighted by molar-refractivity contribution is 7.11. The summed E-state index contributed by atoms with van der Waals surface area (Å²) < 4.78 is 0. The van der Waals surface area contributed by atoms with Crippen molar-refractivity contribution in [1.29, 1.82) is 0 Å². The first-order valence-electron chi connectivity index (χ1n) is 6.82. The third-order valence-corrected chi connectivity index (χ3v) is 4.36. The van der Waals surface area contributed by atoms with E-state index in [1.54, 1.807) is 17.4 Å². The number of aromatic carboxylic acids is 1. The summed E-state index contributed by atoms with van der Waals surface area (Å²) in [6, 6.07) is 7.95. The van der Waals surface area contributed by atoms with Gasteiger partial charge in [0.1, 0.15) is 0 Å². The van der Waals surface area contributed by atoms with Crippen molar-refractivity contribution in [3.63, 3.8) is 0 Å². The van der Waals surface area contributed by atoms with Gasteiger partial charge in [-0.3, -0.25) is 0 Å². The quantitative estimate of drug-likeness (QED) is 0.736. The molecule has 1 atom stereocenters. The van der Waals surface area contributed by atoms with Gasteiger partial charge in [0, 0.05) is 33.6 Å². The molecular weight excluding hydrogens is 284 g/mol. The molecule has 0 spiro atoms. The lowest BCUT2D eigenvalue weighted by molar-refractivity contribution is 0.0698. The number of carboxylic acid groups (broad SMARTS) is 1. The molecule has 0 saturated heterocycles. The summed E-state index contributed by atoms with van der Waals surface area (Å²) in [5.74, 6) is -0.999. The topological polar surface area (TPSA) is 75.3 Å². The predicted molar refractivity (Wildman–Crippen MR) is 88.4 cm³/mol. The Morgan fingerprint density at radius 2 is 2.10 bits per heavy atom. The fourth-order valence-electron chi connectivity index (χ4n) is 2.29. The molecule has 0 radical (unpaired) electrons.